The Morgan fingerprint density at radius 3 is 2.59 bits per heavy atom. The number of hydrogen-bond donors (Lipinski definition) is 4. The van der Waals surface area contributed by atoms with Gasteiger partial charge in [0.05, 0.1) is 12.7 Å². The third kappa shape index (κ3) is 6.74. The first-order valence-electron chi connectivity index (χ1n) is 11.2. The summed E-state index contributed by atoms with van der Waals surface area (Å²) in [4.78, 5) is 38.1. The molecule has 2 aromatic rings. The van der Waals surface area contributed by atoms with Gasteiger partial charge in [-0.15, -0.1) is 6.42 Å². The van der Waals surface area contributed by atoms with Crippen LogP contribution in [0.4, 0.5) is 0 Å². The first-order chi connectivity index (χ1) is 17.4. The summed E-state index contributed by atoms with van der Waals surface area (Å²) in [6, 6.07) is 8.60. The van der Waals surface area contributed by atoms with Crippen molar-refractivity contribution in [1.29, 1.82) is 0 Å². The number of aliphatic hydroxyl groups is 2. The van der Waals surface area contributed by atoms with Gasteiger partial charge in [-0.25, -0.2) is 9.88 Å². The third-order valence-corrected chi connectivity index (χ3v) is 7.75. The van der Waals surface area contributed by atoms with Gasteiger partial charge in [0.2, 0.25) is 0 Å². The topological polar surface area (TPSA) is 161 Å². The highest BCUT2D eigenvalue weighted by atomic mass is 32.5. The number of para-hydroxylation sites is 1. The molecule has 1 aliphatic rings. The van der Waals surface area contributed by atoms with Gasteiger partial charge in [0.1, 0.15) is 24.0 Å². The van der Waals surface area contributed by atoms with Crippen molar-refractivity contribution >= 4 is 24.4 Å². The predicted octanol–water partition coefficient (Wildman–Crippen LogP) is 0.409. The van der Waals surface area contributed by atoms with E-state index in [4.69, 9.17) is 36.8 Å². The second-order valence-electron chi connectivity index (χ2n) is 8.49. The van der Waals surface area contributed by atoms with Crippen molar-refractivity contribution in [3.05, 3.63) is 63.4 Å². The maximum atomic E-state index is 12.4. The van der Waals surface area contributed by atoms with Crippen molar-refractivity contribution in [2.45, 2.75) is 57.0 Å². The van der Waals surface area contributed by atoms with Crippen molar-refractivity contribution in [2.75, 3.05) is 6.61 Å². The highest BCUT2D eigenvalue weighted by Gasteiger charge is 2.56. The van der Waals surface area contributed by atoms with Gasteiger partial charge in [-0.3, -0.25) is 19.1 Å². The normalized spacial score (nSPS) is 25.7. The molecule has 0 spiro atoms. The lowest BCUT2D eigenvalue weighted by atomic mass is 9.95. The molecule has 0 radical (unpaired) electrons. The van der Waals surface area contributed by atoms with E-state index in [1.807, 2.05) is 4.98 Å². The number of aliphatic hydroxyl groups excluding tert-OH is 1. The summed E-state index contributed by atoms with van der Waals surface area (Å²) in [6.45, 7) is 1.000. The third-order valence-electron chi connectivity index (χ3n) is 5.25. The van der Waals surface area contributed by atoms with Gasteiger partial charge < -0.3 is 28.7 Å². The minimum atomic E-state index is -3.49. The van der Waals surface area contributed by atoms with Crippen molar-refractivity contribution in [3.8, 4) is 18.1 Å². The van der Waals surface area contributed by atoms with Crippen LogP contribution < -0.4 is 20.9 Å². The lowest BCUT2D eigenvalue weighted by molar-refractivity contribution is -0.149. The highest BCUT2D eigenvalue weighted by molar-refractivity contribution is 8.09. The number of carbonyl (C=O) groups is 1. The Kier molecular flexibility index (Phi) is 9.09. The number of aromatic nitrogens is 2. The molecule has 0 bridgehead atoms. The number of nitrogens with one attached hydrogen (secondary N) is 2. The Labute approximate surface area is 217 Å². The van der Waals surface area contributed by atoms with E-state index < -0.39 is 60.5 Å². The average Bonchev–Trinajstić information content (AvgIpc) is 3.08. The number of carbonyl (C=O) groups excluding carboxylic acids is 1. The summed E-state index contributed by atoms with van der Waals surface area (Å²) in [7, 11) is 0. The molecule has 200 valence electrons. The standard InChI is InChI=1S/C23H28N3O9PS/c1-5-23(31)19(28)17(34-21(23)26-12-11-18(27)24-22(26)30)13-32-36(37,35-16-9-7-6-8-10-16)25-15(4)20(29)33-14(2)3/h1,6-12,14-15,17,19,21,28,31H,13H2,2-4H3,(H,25,37)(H,24,27,30)/t15-,17?,19+,21+,23+,36?/m0/s1. The number of ether oxygens (including phenoxy) is 2. The molecule has 12 nitrogen and oxygen atoms in total. The van der Waals surface area contributed by atoms with Gasteiger partial charge in [0.25, 0.3) is 5.56 Å². The fraction of sp³-hybridized carbons (Fsp3) is 0.435. The van der Waals surface area contributed by atoms with Gasteiger partial charge in [0.15, 0.2) is 11.8 Å². The number of terminal acetylenes is 1. The number of esters is 1. The monoisotopic (exact) mass is 553 g/mol. The summed E-state index contributed by atoms with van der Waals surface area (Å²) in [6.07, 6.45) is 1.66. The molecule has 1 aliphatic heterocycles. The predicted molar refractivity (Wildman–Crippen MR) is 136 cm³/mol. The van der Waals surface area contributed by atoms with Crippen LogP contribution in [0.25, 0.3) is 0 Å². The number of aromatic amines is 1. The Hall–Kier alpha value is -2.82. The van der Waals surface area contributed by atoms with Crippen molar-refractivity contribution in [1.82, 2.24) is 14.6 Å². The quantitative estimate of drug-likeness (QED) is 0.183. The van der Waals surface area contributed by atoms with Crippen LogP contribution in [-0.2, 0) is 30.6 Å². The number of nitrogens with zero attached hydrogens (tertiary/aromatic N) is 1. The van der Waals surface area contributed by atoms with E-state index in [2.05, 4.69) is 11.0 Å². The van der Waals surface area contributed by atoms with E-state index in [1.165, 1.54) is 6.92 Å². The SMILES string of the molecule is C#C[C@@]1(O)[C@H](O)C(COP(=S)(N[C@@H](C)C(=O)OC(C)C)Oc2ccccc2)O[C@H]1n1ccc(=O)[nH]c1=O. The van der Waals surface area contributed by atoms with Crippen LogP contribution in [0, 0.1) is 12.3 Å². The van der Waals surface area contributed by atoms with Gasteiger partial charge in [-0.05, 0) is 44.7 Å². The highest BCUT2D eigenvalue weighted by Crippen LogP contribution is 2.47. The van der Waals surface area contributed by atoms with Gasteiger partial charge in [-0.1, -0.05) is 24.1 Å². The zero-order valence-corrected chi connectivity index (χ0v) is 22.0. The minimum absolute atomic E-state index is 0.355. The lowest BCUT2D eigenvalue weighted by Gasteiger charge is -2.28. The molecular formula is C23H28N3O9PS. The van der Waals surface area contributed by atoms with Crippen LogP contribution in [0.3, 0.4) is 0 Å². The van der Waals surface area contributed by atoms with Crippen LogP contribution in [0.1, 0.15) is 27.0 Å². The van der Waals surface area contributed by atoms with E-state index in [-0.39, 0.29) is 6.10 Å². The van der Waals surface area contributed by atoms with Crippen LogP contribution >= 0.6 is 6.64 Å². The summed E-state index contributed by atoms with van der Waals surface area (Å²) in [5, 5.41) is 24.6. The van der Waals surface area contributed by atoms with Gasteiger partial charge in [-0.2, -0.15) is 0 Å². The Morgan fingerprint density at radius 2 is 2.00 bits per heavy atom. The Morgan fingerprint density at radius 1 is 1.32 bits per heavy atom. The van der Waals surface area contributed by atoms with Gasteiger partial charge in [0, 0.05) is 12.3 Å². The molecule has 3 rings (SSSR count). The molecule has 0 saturated carbocycles. The van der Waals surface area contributed by atoms with Crippen molar-refractivity contribution in [2.24, 2.45) is 0 Å². The van der Waals surface area contributed by atoms with Crippen LogP contribution in [0.15, 0.2) is 52.2 Å². The molecule has 0 aliphatic carbocycles. The molecule has 1 saturated heterocycles. The van der Waals surface area contributed by atoms with Crippen molar-refractivity contribution < 1.29 is 33.5 Å². The molecule has 4 N–H and O–H groups in total. The molecular weight excluding hydrogens is 525 g/mol. The number of hydrogen-bond acceptors (Lipinski definition) is 10. The molecule has 14 heteroatoms. The smallest absolute Gasteiger partial charge is 0.330 e. The van der Waals surface area contributed by atoms with E-state index in [0.717, 1.165) is 16.8 Å². The number of benzene rings is 1. The maximum Gasteiger partial charge on any atom is 0.330 e. The molecule has 1 aromatic heterocycles. The zero-order valence-electron chi connectivity index (χ0n) is 20.3. The summed E-state index contributed by atoms with van der Waals surface area (Å²) < 4.78 is 23.5. The molecule has 2 unspecified atom stereocenters. The minimum Gasteiger partial charge on any atom is -0.462 e. The molecule has 1 fully saturated rings. The second kappa shape index (κ2) is 11.7. The fourth-order valence-corrected chi connectivity index (χ4v) is 5.87. The van der Waals surface area contributed by atoms with Crippen LogP contribution in [0.2, 0.25) is 0 Å². The Bertz CT molecular complexity index is 1310. The second-order valence-corrected chi connectivity index (χ2v) is 11.6. The molecule has 1 aromatic carbocycles. The fourth-order valence-electron chi connectivity index (χ4n) is 3.46. The zero-order chi connectivity index (χ0) is 27.4. The van der Waals surface area contributed by atoms with Crippen LogP contribution in [0.5, 0.6) is 5.75 Å². The van der Waals surface area contributed by atoms with Gasteiger partial charge >= 0.3 is 18.3 Å². The maximum absolute atomic E-state index is 12.4. The van der Waals surface area contributed by atoms with E-state index in [9.17, 15) is 24.6 Å². The van der Waals surface area contributed by atoms with E-state index >= 15 is 0 Å². The molecule has 0 amide bonds. The molecule has 2 heterocycles. The first-order valence-corrected chi connectivity index (χ1v) is 13.8. The van der Waals surface area contributed by atoms with E-state index in [1.54, 1.807) is 44.2 Å². The van der Waals surface area contributed by atoms with Crippen molar-refractivity contribution in [3.63, 3.8) is 0 Å². The summed E-state index contributed by atoms with van der Waals surface area (Å²) in [5.41, 5.74) is -3.92. The Balaban J connectivity index is 1.84. The molecule has 6 atom stereocenters. The molecule has 37 heavy (non-hydrogen) atoms. The number of rotatable bonds is 10. The average molecular weight is 554 g/mol. The van der Waals surface area contributed by atoms with Crippen LogP contribution in [-0.4, -0.2) is 62.3 Å². The first kappa shape index (κ1) is 28.7. The summed E-state index contributed by atoms with van der Waals surface area (Å²) >= 11 is 5.62. The lowest BCUT2D eigenvalue weighted by Crippen LogP contribution is -2.48. The van der Waals surface area contributed by atoms with E-state index in [0.29, 0.717) is 5.75 Å². The number of H-pyrrole nitrogens is 1. The largest absolute Gasteiger partial charge is 0.462 e. The summed E-state index contributed by atoms with van der Waals surface area (Å²) in [5.74, 6) is 1.83.